The number of carbonyl (C=O) groups excluding carboxylic acids is 1. The number of aromatic carboxylic acids is 1. The first-order valence-corrected chi connectivity index (χ1v) is 6.46. The van der Waals surface area contributed by atoms with E-state index in [0.29, 0.717) is 13.2 Å². The van der Waals surface area contributed by atoms with Crippen LogP contribution in [0.5, 0.6) is 0 Å². The van der Waals surface area contributed by atoms with Gasteiger partial charge in [0, 0.05) is 19.7 Å². The zero-order chi connectivity index (χ0) is 16.0. The summed E-state index contributed by atoms with van der Waals surface area (Å²) in [5, 5.41) is 11.4. The van der Waals surface area contributed by atoms with Gasteiger partial charge in [0.05, 0.1) is 17.9 Å². The molecule has 1 aromatic rings. The lowest BCUT2D eigenvalue weighted by molar-refractivity contribution is 0.0697. The lowest BCUT2D eigenvalue weighted by Gasteiger charge is -2.27. The minimum Gasteiger partial charge on any atom is -0.478 e. The lowest BCUT2D eigenvalue weighted by Crippen LogP contribution is -2.42. The predicted octanol–water partition coefficient (Wildman–Crippen LogP) is 2.41. The van der Waals surface area contributed by atoms with E-state index < -0.39 is 17.8 Å². The molecule has 0 saturated heterocycles. The smallest absolute Gasteiger partial charge is 0.337 e. The number of amides is 2. The maximum atomic E-state index is 13.8. The zero-order valence-electron chi connectivity index (χ0n) is 12.2. The highest BCUT2D eigenvalue weighted by molar-refractivity contribution is 6.00. The van der Waals surface area contributed by atoms with Gasteiger partial charge in [-0.1, -0.05) is 6.07 Å². The Labute approximate surface area is 122 Å². The molecule has 0 aliphatic carbocycles. The number of benzene rings is 1. The van der Waals surface area contributed by atoms with Crippen LogP contribution in [0.15, 0.2) is 18.2 Å². The molecule has 6 nitrogen and oxygen atoms in total. The number of methoxy groups -OCH3 is 1. The summed E-state index contributed by atoms with van der Waals surface area (Å²) in [5.74, 6) is -2.10. The van der Waals surface area contributed by atoms with Gasteiger partial charge in [0.1, 0.15) is 5.82 Å². The summed E-state index contributed by atoms with van der Waals surface area (Å²) in [6.45, 7) is 4.24. The molecule has 0 aromatic heterocycles. The molecule has 7 heteroatoms. The molecule has 0 fully saturated rings. The molecule has 116 valence electrons. The van der Waals surface area contributed by atoms with Crippen molar-refractivity contribution in [2.75, 3.05) is 25.6 Å². The molecule has 0 spiro atoms. The van der Waals surface area contributed by atoms with Crippen molar-refractivity contribution < 1.29 is 23.8 Å². The van der Waals surface area contributed by atoms with Crippen LogP contribution in [0.1, 0.15) is 24.2 Å². The Hall–Kier alpha value is -2.15. The van der Waals surface area contributed by atoms with Crippen molar-refractivity contribution in [1.82, 2.24) is 4.90 Å². The summed E-state index contributed by atoms with van der Waals surface area (Å²) in [6.07, 6.45) is 0. The Morgan fingerprint density at radius 3 is 2.62 bits per heavy atom. The number of carboxylic acids is 1. The van der Waals surface area contributed by atoms with Gasteiger partial charge < -0.3 is 20.1 Å². The molecule has 0 heterocycles. The minimum absolute atomic E-state index is 0.139. The number of urea groups is 1. The molecule has 0 saturated carbocycles. The molecule has 0 aliphatic rings. The van der Waals surface area contributed by atoms with Gasteiger partial charge in [0.15, 0.2) is 0 Å². The summed E-state index contributed by atoms with van der Waals surface area (Å²) in [4.78, 5) is 24.7. The number of nitrogens with zero attached hydrogens (tertiary/aromatic N) is 1. The number of carbonyl (C=O) groups is 2. The lowest BCUT2D eigenvalue weighted by atomic mass is 10.1. The molecular weight excluding hydrogens is 279 g/mol. The van der Waals surface area contributed by atoms with Crippen LogP contribution >= 0.6 is 0 Å². The van der Waals surface area contributed by atoms with Gasteiger partial charge in [0.2, 0.25) is 0 Å². The number of para-hydroxylation sites is 1. The first-order valence-electron chi connectivity index (χ1n) is 6.46. The Morgan fingerprint density at radius 2 is 2.10 bits per heavy atom. The molecule has 0 unspecified atom stereocenters. The van der Waals surface area contributed by atoms with E-state index in [4.69, 9.17) is 9.84 Å². The van der Waals surface area contributed by atoms with Crippen molar-refractivity contribution >= 4 is 17.7 Å². The van der Waals surface area contributed by atoms with E-state index in [2.05, 4.69) is 5.32 Å². The molecule has 2 N–H and O–H groups in total. The van der Waals surface area contributed by atoms with Gasteiger partial charge in [0.25, 0.3) is 0 Å². The molecule has 21 heavy (non-hydrogen) atoms. The van der Waals surface area contributed by atoms with Crippen molar-refractivity contribution in [1.29, 1.82) is 0 Å². The minimum atomic E-state index is -1.31. The van der Waals surface area contributed by atoms with Crippen LogP contribution in [0.3, 0.4) is 0 Å². The molecule has 0 bridgehead atoms. The normalized spacial score (nSPS) is 10.5. The summed E-state index contributed by atoms with van der Waals surface area (Å²) in [5.41, 5.74) is -0.628. The number of hydrogen-bond donors (Lipinski definition) is 2. The van der Waals surface area contributed by atoms with Crippen LogP contribution in [-0.2, 0) is 4.74 Å². The Morgan fingerprint density at radius 1 is 1.43 bits per heavy atom. The quantitative estimate of drug-likeness (QED) is 0.845. The van der Waals surface area contributed by atoms with Crippen LogP contribution in [0.4, 0.5) is 14.9 Å². The van der Waals surface area contributed by atoms with E-state index in [-0.39, 0.29) is 17.3 Å². The number of nitrogens with one attached hydrogen (secondary N) is 1. The van der Waals surface area contributed by atoms with Gasteiger partial charge in [-0.25, -0.2) is 14.0 Å². The molecule has 1 aromatic carbocycles. The van der Waals surface area contributed by atoms with Gasteiger partial charge >= 0.3 is 12.0 Å². The number of anilines is 1. The number of carboxylic acid groups (broad SMARTS) is 1. The second-order valence-electron chi connectivity index (χ2n) is 4.68. The summed E-state index contributed by atoms with van der Waals surface area (Å²) < 4.78 is 18.7. The highest BCUT2D eigenvalue weighted by atomic mass is 19.1. The maximum absolute atomic E-state index is 13.8. The number of hydrogen-bond acceptors (Lipinski definition) is 3. The third-order valence-electron chi connectivity index (χ3n) is 2.90. The fourth-order valence-electron chi connectivity index (χ4n) is 1.79. The summed E-state index contributed by atoms with van der Waals surface area (Å²) >= 11 is 0. The van der Waals surface area contributed by atoms with Crippen LogP contribution in [0.2, 0.25) is 0 Å². The van der Waals surface area contributed by atoms with Crippen molar-refractivity contribution in [3.8, 4) is 0 Å². The predicted molar refractivity (Wildman–Crippen MR) is 76.1 cm³/mol. The maximum Gasteiger partial charge on any atom is 0.337 e. The molecule has 2 amide bonds. The average molecular weight is 298 g/mol. The van der Waals surface area contributed by atoms with E-state index in [1.165, 1.54) is 24.1 Å². The van der Waals surface area contributed by atoms with Crippen molar-refractivity contribution in [3.63, 3.8) is 0 Å². The van der Waals surface area contributed by atoms with Gasteiger partial charge in [-0.05, 0) is 26.0 Å². The highest BCUT2D eigenvalue weighted by Gasteiger charge is 2.21. The first kappa shape index (κ1) is 16.9. The first-order chi connectivity index (χ1) is 9.88. The zero-order valence-corrected chi connectivity index (χ0v) is 12.2. The molecule has 0 radical (unpaired) electrons. The van der Waals surface area contributed by atoms with Crippen LogP contribution < -0.4 is 5.32 Å². The van der Waals surface area contributed by atoms with Crippen molar-refractivity contribution in [3.05, 3.63) is 29.6 Å². The van der Waals surface area contributed by atoms with E-state index in [0.717, 1.165) is 6.07 Å². The fourth-order valence-corrected chi connectivity index (χ4v) is 1.79. The molecular formula is C14H19FN2O4. The van der Waals surface area contributed by atoms with Gasteiger partial charge in [-0.15, -0.1) is 0 Å². The topological polar surface area (TPSA) is 78.9 Å². The number of ether oxygens (including phenoxy) is 1. The van der Waals surface area contributed by atoms with Gasteiger partial charge in [-0.3, -0.25) is 0 Å². The highest BCUT2D eigenvalue weighted by Crippen LogP contribution is 2.20. The summed E-state index contributed by atoms with van der Waals surface area (Å²) in [6, 6.07) is 2.89. The van der Waals surface area contributed by atoms with Gasteiger partial charge in [-0.2, -0.15) is 0 Å². The van der Waals surface area contributed by atoms with Crippen LogP contribution in [0, 0.1) is 5.82 Å². The molecule has 0 atom stereocenters. The Bertz CT molecular complexity index is 520. The van der Waals surface area contributed by atoms with Crippen molar-refractivity contribution in [2.45, 2.75) is 19.9 Å². The molecule has 1 rings (SSSR count). The van der Waals surface area contributed by atoms with E-state index in [9.17, 15) is 14.0 Å². The number of halogens is 1. The molecule has 0 aliphatic heterocycles. The second-order valence-corrected chi connectivity index (χ2v) is 4.68. The fraction of sp³-hybridized carbons (Fsp3) is 0.429. The van der Waals surface area contributed by atoms with Crippen LogP contribution in [0.25, 0.3) is 0 Å². The largest absolute Gasteiger partial charge is 0.478 e. The summed E-state index contributed by atoms with van der Waals surface area (Å²) in [7, 11) is 1.51. The third-order valence-corrected chi connectivity index (χ3v) is 2.90. The van der Waals surface area contributed by atoms with Crippen LogP contribution in [-0.4, -0.2) is 48.3 Å². The second kappa shape index (κ2) is 7.58. The SMILES string of the molecule is COCCN(C(=O)Nc1c(F)cccc1C(=O)O)C(C)C. The monoisotopic (exact) mass is 298 g/mol. The van der Waals surface area contributed by atoms with E-state index in [1.54, 1.807) is 13.8 Å². The number of rotatable bonds is 6. The van der Waals surface area contributed by atoms with Crippen molar-refractivity contribution in [2.24, 2.45) is 0 Å². The Balaban J connectivity index is 2.98. The third kappa shape index (κ3) is 4.42. The van der Waals surface area contributed by atoms with E-state index in [1.807, 2.05) is 0 Å². The van der Waals surface area contributed by atoms with E-state index >= 15 is 0 Å². The Kier molecular flexibility index (Phi) is 6.10. The average Bonchev–Trinajstić information content (AvgIpc) is 2.40. The standard InChI is InChI=1S/C14H19FN2O4/c1-9(2)17(7-8-21-3)14(20)16-12-10(13(18)19)5-4-6-11(12)15/h4-6,9H,7-8H2,1-3H3,(H,16,20)(H,18,19).